The first kappa shape index (κ1) is 12.7. The van der Waals surface area contributed by atoms with Gasteiger partial charge in [0.2, 0.25) is 0 Å². The highest BCUT2D eigenvalue weighted by atomic mass is 19.1. The summed E-state index contributed by atoms with van der Waals surface area (Å²) in [6.45, 7) is 0. The van der Waals surface area contributed by atoms with Gasteiger partial charge in [0.15, 0.2) is 0 Å². The molecule has 2 aromatic carbocycles. The van der Waals surface area contributed by atoms with Gasteiger partial charge in [-0.3, -0.25) is 0 Å². The molecule has 0 aliphatic heterocycles. The van der Waals surface area contributed by atoms with Crippen LogP contribution in [0.4, 0.5) is 8.78 Å². The minimum absolute atomic E-state index is 0.219. The van der Waals surface area contributed by atoms with Gasteiger partial charge in [0.05, 0.1) is 0 Å². The van der Waals surface area contributed by atoms with E-state index in [1.165, 1.54) is 18.2 Å². The molecule has 18 heavy (non-hydrogen) atoms. The van der Waals surface area contributed by atoms with Crippen LogP contribution in [-0.4, -0.2) is 6.04 Å². The molecule has 0 amide bonds. The standard InChI is InChI=1S/C15H15F2N/c16-13-6-3-4-11(8-13)9-14(18)10-12-5-1-2-7-15(12)17/h1-8,14H,9-10,18H2. The molecule has 1 nitrogen and oxygen atoms in total. The average molecular weight is 247 g/mol. The van der Waals surface area contributed by atoms with Crippen LogP contribution in [0, 0.1) is 11.6 Å². The van der Waals surface area contributed by atoms with Gasteiger partial charge < -0.3 is 5.73 Å². The lowest BCUT2D eigenvalue weighted by Crippen LogP contribution is -2.26. The number of hydrogen-bond donors (Lipinski definition) is 1. The van der Waals surface area contributed by atoms with Gasteiger partial charge in [0.25, 0.3) is 0 Å². The van der Waals surface area contributed by atoms with Crippen LogP contribution >= 0.6 is 0 Å². The zero-order valence-electron chi connectivity index (χ0n) is 9.94. The van der Waals surface area contributed by atoms with E-state index in [-0.39, 0.29) is 17.7 Å². The zero-order valence-corrected chi connectivity index (χ0v) is 9.94. The van der Waals surface area contributed by atoms with Gasteiger partial charge in [0.1, 0.15) is 11.6 Å². The van der Waals surface area contributed by atoms with Gasteiger partial charge in [-0.15, -0.1) is 0 Å². The molecule has 0 saturated heterocycles. The highest BCUT2D eigenvalue weighted by Crippen LogP contribution is 2.12. The van der Waals surface area contributed by atoms with Crippen LogP contribution in [0.15, 0.2) is 48.5 Å². The van der Waals surface area contributed by atoms with Crippen molar-refractivity contribution in [1.29, 1.82) is 0 Å². The van der Waals surface area contributed by atoms with Crippen molar-refractivity contribution in [2.45, 2.75) is 18.9 Å². The number of benzene rings is 2. The molecule has 0 heterocycles. The van der Waals surface area contributed by atoms with Crippen molar-refractivity contribution in [2.75, 3.05) is 0 Å². The van der Waals surface area contributed by atoms with Crippen LogP contribution in [0.2, 0.25) is 0 Å². The summed E-state index contributed by atoms with van der Waals surface area (Å²) >= 11 is 0. The Morgan fingerprint density at radius 1 is 0.944 bits per heavy atom. The van der Waals surface area contributed by atoms with Crippen molar-refractivity contribution >= 4 is 0 Å². The van der Waals surface area contributed by atoms with Crippen LogP contribution in [0.5, 0.6) is 0 Å². The van der Waals surface area contributed by atoms with Gasteiger partial charge in [-0.25, -0.2) is 8.78 Å². The Kier molecular flexibility index (Phi) is 4.05. The fourth-order valence-corrected chi connectivity index (χ4v) is 1.99. The molecule has 0 saturated carbocycles. The Bertz CT molecular complexity index is 525. The molecule has 3 heteroatoms. The second kappa shape index (κ2) is 5.74. The van der Waals surface area contributed by atoms with Crippen LogP contribution in [0.25, 0.3) is 0 Å². The fraction of sp³-hybridized carbons (Fsp3) is 0.200. The number of nitrogens with two attached hydrogens (primary N) is 1. The Morgan fingerprint density at radius 2 is 1.72 bits per heavy atom. The Labute approximate surface area is 105 Å². The minimum Gasteiger partial charge on any atom is -0.327 e. The number of rotatable bonds is 4. The minimum atomic E-state index is -0.273. The van der Waals surface area contributed by atoms with E-state index >= 15 is 0 Å². The fourth-order valence-electron chi connectivity index (χ4n) is 1.99. The Morgan fingerprint density at radius 3 is 2.44 bits per heavy atom. The van der Waals surface area contributed by atoms with Crippen molar-refractivity contribution in [3.05, 3.63) is 71.3 Å². The Hall–Kier alpha value is -1.74. The third-order valence-electron chi connectivity index (χ3n) is 2.83. The van der Waals surface area contributed by atoms with E-state index in [4.69, 9.17) is 5.73 Å². The lowest BCUT2D eigenvalue weighted by Gasteiger charge is -2.12. The van der Waals surface area contributed by atoms with Gasteiger partial charge in [0, 0.05) is 6.04 Å². The lowest BCUT2D eigenvalue weighted by molar-refractivity contribution is 0.581. The first-order chi connectivity index (χ1) is 8.65. The van der Waals surface area contributed by atoms with Gasteiger partial charge in [-0.2, -0.15) is 0 Å². The molecule has 0 fully saturated rings. The van der Waals surface area contributed by atoms with Crippen molar-refractivity contribution < 1.29 is 8.78 Å². The molecule has 2 rings (SSSR count). The lowest BCUT2D eigenvalue weighted by atomic mass is 9.99. The maximum Gasteiger partial charge on any atom is 0.126 e. The summed E-state index contributed by atoms with van der Waals surface area (Å²) in [5.41, 5.74) is 7.40. The quantitative estimate of drug-likeness (QED) is 0.882. The summed E-state index contributed by atoms with van der Waals surface area (Å²) in [5, 5.41) is 0. The first-order valence-corrected chi connectivity index (χ1v) is 5.88. The summed E-state index contributed by atoms with van der Waals surface area (Å²) in [6.07, 6.45) is 0.981. The summed E-state index contributed by atoms with van der Waals surface area (Å²) in [5.74, 6) is -0.516. The number of hydrogen-bond acceptors (Lipinski definition) is 1. The van der Waals surface area contributed by atoms with Crippen LogP contribution in [0.1, 0.15) is 11.1 Å². The molecule has 0 aliphatic carbocycles. The predicted octanol–water partition coefficient (Wildman–Crippen LogP) is 3.08. The van der Waals surface area contributed by atoms with E-state index in [0.29, 0.717) is 18.4 Å². The first-order valence-electron chi connectivity index (χ1n) is 5.88. The molecule has 94 valence electrons. The topological polar surface area (TPSA) is 26.0 Å². The molecule has 0 aliphatic rings. The monoisotopic (exact) mass is 247 g/mol. The third-order valence-corrected chi connectivity index (χ3v) is 2.83. The second-order valence-corrected chi connectivity index (χ2v) is 4.39. The van der Waals surface area contributed by atoms with E-state index < -0.39 is 0 Å². The largest absolute Gasteiger partial charge is 0.327 e. The van der Waals surface area contributed by atoms with Crippen molar-refractivity contribution in [1.82, 2.24) is 0 Å². The molecule has 0 radical (unpaired) electrons. The van der Waals surface area contributed by atoms with Crippen LogP contribution in [0.3, 0.4) is 0 Å². The highest BCUT2D eigenvalue weighted by molar-refractivity contribution is 5.21. The predicted molar refractivity (Wildman–Crippen MR) is 68.2 cm³/mol. The zero-order chi connectivity index (χ0) is 13.0. The van der Waals surface area contributed by atoms with Crippen molar-refractivity contribution in [2.24, 2.45) is 5.73 Å². The molecule has 0 bridgehead atoms. The van der Waals surface area contributed by atoms with Gasteiger partial charge in [-0.05, 0) is 42.2 Å². The van der Waals surface area contributed by atoms with E-state index in [2.05, 4.69) is 0 Å². The normalized spacial score (nSPS) is 12.4. The SMILES string of the molecule is NC(Cc1cccc(F)c1)Cc1ccccc1F. The second-order valence-electron chi connectivity index (χ2n) is 4.39. The maximum atomic E-state index is 13.4. The molecule has 1 unspecified atom stereocenters. The number of halogens is 2. The van der Waals surface area contributed by atoms with Crippen molar-refractivity contribution in [3.63, 3.8) is 0 Å². The van der Waals surface area contributed by atoms with Gasteiger partial charge in [-0.1, -0.05) is 30.3 Å². The summed E-state index contributed by atoms with van der Waals surface area (Å²) < 4.78 is 26.4. The Balaban J connectivity index is 2.01. The van der Waals surface area contributed by atoms with E-state index in [1.54, 1.807) is 24.3 Å². The van der Waals surface area contributed by atoms with E-state index in [9.17, 15) is 8.78 Å². The molecular weight excluding hydrogens is 232 g/mol. The maximum absolute atomic E-state index is 13.4. The van der Waals surface area contributed by atoms with Gasteiger partial charge >= 0.3 is 0 Å². The van der Waals surface area contributed by atoms with Crippen LogP contribution < -0.4 is 5.73 Å². The average Bonchev–Trinajstić information content (AvgIpc) is 2.32. The molecule has 0 aromatic heterocycles. The molecule has 1 atom stereocenters. The van der Waals surface area contributed by atoms with Crippen LogP contribution in [-0.2, 0) is 12.8 Å². The molecule has 2 N–H and O–H groups in total. The van der Waals surface area contributed by atoms with E-state index in [1.807, 2.05) is 6.07 Å². The summed E-state index contributed by atoms with van der Waals surface area (Å²) in [6, 6.07) is 12.7. The third kappa shape index (κ3) is 3.37. The van der Waals surface area contributed by atoms with Crippen molar-refractivity contribution in [3.8, 4) is 0 Å². The summed E-state index contributed by atoms with van der Waals surface area (Å²) in [7, 11) is 0. The summed E-state index contributed by atoms with van der Waals surface area (Å²) in [4.78, 5) is 0. The van der Waals surface area contributed by atoms with E-state index in [0.717, 1.165) is 5.56 Å². The highest BCUT2D eigenvalue weighted by Gasteiger charge is 2.09. The smallest absolute Gasteiger partial charge is 0.126 e. The molecule has 2 aromatic rings. The molecular formula is C15H15F2N. The molecule has 0 spiro atoms.